The van der Waals surface area contributed by atoms with Gasteiger partial charge in [0.2, 0.25) is 0 Å². The summed E-state index contributed by atoms with van der Waals surface area (Å²) in [6, 6.07) is 5.85. The Hall–Kier alpha value is -1.97. The Kier molecular flexibility index (Phi) is 3.62. The van der Waals surface area contributed by atoms with Crippen molar-refractivity contribution in [2.45, 2.75) is 26.7 Å². The molecule has 112 valence electrons. The molecule has 2 aromatic rings. The van der Waals surface area contributed by atoms with Gasteiger partial charge in [-0.25, -0.2) is 4.79 Å². The standard InChI is InChI=1S/C17H22N2O2/c1-4-6-12-9-17(20)21-16-11-15-14(10-13(12)16)18(3)7-8-19(15)5-2/h9-11H,4-8H2,1-3H3. The summed E-state index contributed by atoms with van der Waals surface area (Å²) >= 11 is 0. The van der Waals surface area contributed by atoms with Crippen LogP contribution in [0.2, 0.25) is 0 Å². The van der Waals surface area contributed by atoms with Gasteiger partial charge in [0.25, 0.3) is 0 Å². The smallest absolute Gasteiger partial charge is 0.336 e. The number of rotatable bonds is 3. The molecule has 0 saturated carbocycles. The first-order valence-electron chi connectivity index (χ1n) is 7.71. The summed E-state index contributed by atoms with van der Waals surface area (Å²) in [5.74, 6) is 0. The summed E-state index contributed by atoms with van der Waals surface area (Å²) in [5, 5.41) is 1.07. The van der Waals surface area contributed by atoms with E-state index in [2.05, 4.69) is 36.8 Å². The van der Waals surface area contributed by atoms with Crippen LogP contribution in [0.25, 0.3) is 11.0 Å². The Morgan fingerprint density at radius 2 is 1.95 bits per heavy atom. The van der Waals surface area contributed by atoms with Gasteiger partial charge >= 0.3 is 5.63 Å². The first-order valence-corrected chi connectivity index (χ1v) is 7.71. The molecule has 0 atom stereocenters. The van der Waals surface area contributed by atoms with E-state index < -0.39 is 0 Å². The Labute approximate surface area is 125 Å². The van der Waals surface area contributed by atoms with Crippen LogP contribution in [0.3, 0.4) is 0 Å². The van der Waals surface area contributed by atoms with Gasteiger partial charge in [0.1, 0.15) is 5.58 Å². The zero-order valence-electron chi connectivity index (χ0n) is 13.0. The molecule has 0 fully saturated rings. The molecule has 4 heteroatoms. The largest absolute Gasteiger partial charge is 0.423 e. The molecule has 0 amide bonds. The number of aryl methyl sites for hydroxylation is 1. The van der Waals surface area contributed by atoms with E-state index >= 15 is 0 Å². The van der Waals surface area contributed by atoms with Gasteiger partial charge < -0.3 is 14.2 Å². The number of nitrogens with zero attached hydrogens (tertiary/aromatic N) is 2. The Bertz CT molecular complexity index is 721. The molecule has 0 N–H and O–H groups in total. The summed E-state index contributed by atoms with van der Waals surface area (Å²) in [7, 11) is 2.12. The van der Waals surface area contributed by atoms with Crippen molar-refractivity contribution in [2.24, 2.45) is 0 Å². The molecule has 2 heterocycles. The maximum atomic E-state index is 11.8. The quantitative estimate of drug-likeness (QED) is 0.813. The van der Waals surface area contributed by atoms with E-state index in [1.54, 1.807) is 6.07 Å². The minimum absolute atomic E-state index is 0.252. The number of benzene rings is 1. The molecule has 3 rings (SSSR count). The van der Waals surface area contributed by atoms with Crippen molar-refractivity contribution in [1.82, 2.24) is 0 Å². The van der Waals surface area contributed by atoms with Gasteiger partial charge in [-0.2, -0.15) is 0 Å². The molecular formula is C17H22N2O2. The molecule has 4 nitrogen and oxygen atoms in total. The molecule has 1 aliphatic heterocycles. The van der Waals surface area contributed by atoms with Crippen molar-refractivity contribution >= 4 is 22.3 Å². The minimum Gasteiger partial charge on any atom is -0.423 e. The van der Waals surface area contributed by atoms with Gasteiger partial charge in [-0.1, -0.05) is 13.3 Å². The highest BCUT2D eigenvalue weighted by Gasteiger charge is 2.21. The normalized spacial score (nSPS) is 14.6. The van der Waals surface area contributed by atoms with Crippen molar-refractivity contribution in [2.75, 3.05) is 36.5 Å². The zero-order chi connectivity index (χ0) is 15.0. The van der Waals surface area contributed by atoms with E-state index in [0.29, 0.717) is 5.58 Å². The van der Waals surface area contributed by atoms with Crippen LogP contribution in [0, 0.1) is 0 Å². The van der Waals surface area contributed by atoms with Crippen molar-refractivity contribution in [1.29, 1.82) is 0 Å². The second-order valence-electron chi connectivity index (χ2n) is 5.68. The lowest BCUT2D eigenvalue weighted by Crippen LogP contribution is -2.39. The molecule has 1 aliphatic rings. The van der Waals surface area contributed by atoms with E-state index in [4.69, 9.17) is 4.42 Å². The lowest BCUT2D eigenvalue weighted by atomic mass is 10.0. The van der Waals surface area contributed by atoms with E-state index in [1.165, 1.54) is 5.69 Å². The minimum atomic E-state index is -0.252. The van der Waals surface area contributed by atoms with E-state index in [-0.39, 0.29) is 5.63 Å². The Balaban J connectivity index is 2.27. The van der Waals surface area contributed by atoms with Crippen LogP contribution < -0.4 is 15.4 Å². The van der Waals surface area contributed by atoms with Crippen LogP contribution in [-0.2, 0) is 6.42 Å². The number of hydrogen-bond donors (Lipinski definition) is 0. The highest BCUT2D eigenvalue weighted by atomic mass is 16.4. The summed E-state index contributed by atoms with van der Waals surface area (Å²) in [6.45, 7) is 7.27. The van der Waals surface area contributed by atoms with Crippen molar-refractivity contribution < 1.29 is 4.42 Å². The molecule has 21 heavy (non-hydrogen) atoms. The first kappa shape index (κ1) is 14.0. The van der Waals surface area contributed by atoms with Gasteiger partial charge in [-0.15, -0.1) is 0 Å². The average molecular weight is 286 g/mol. The SMILES string of the molecule is CCCc1cc(=O)oc2cc3c(cc12)N(C)CCN3CC. The van der Waals surface area contributed by atoms with E-state index in [0.717, 1.165) is 49.1 Å². The summed E-state index contributed by atoms with van der Waals surface area (Å²) in [6.07, 6.45) is 1.93. The number of anilines is 2. The maximum absolute atomic E-state index is 11.8. The molecule has 1 aromatic heterocycles. The topological polar surface area (TPSA) is 36.7 Å². The van der Waals surface area contributed by atoms with Crippen LogP contribution in [-0.4, -0.2) is 26.7 Å². The highest BCUT2D eigenvalue weighted by molar-refractivity contribution is 5.91. The second-order valence-corrected chi connectivity index (χ2v) is 5.68. The van der Waals surface area contributed by atoms with Crippen molar-refractivity contribution in [3.63, 3.8) is 0 Å². The molecule has 0 spiro atoms. The highest BCUT2D eigenvalue weighted by Crippen LogP contribution is 2.36. The van der Waals surface area contributed by atoms with Crippen LogP contribution in [0.1, 0.15) is 25.8 Å². The number of fused-ring (bicyclic) bond motifs is 2. The zero-order valence-corrected chi connectivity index (χ0v) is 13.0. The third kappa shape index (κ3) is 2.39. The van der Waals surface area contributed by atoms with Crippen LogP contribution in [0.5, 0.6) is 0 Å². The predicted octanol–water partition coefficient (Wildman–Crippen LogP) is 3.02. The second kappa shape index (κ2) is 5.43. The van der Waals surface area contributed by atoms with Gasteiger partial charge in [0.15, 0.2) is 0 Å². The predicted molar refractivity (Wildman–Crippen MR) is 87.6 cm³/mol. The lowest BCUT2D eigenvalue weighted by molar-refractivity contribution is 0.558. The van der Waals surface area contributed by atoms with Gasteiger partial charge in [0.05, 0.1) is 11.4 Å². The van der Waals surface area contributed by atoms with Crippen molar-refractivity contribution in [3.05, 3.63) is 34.2 Å². The fourth-order valence-corrected chi connectivity index (χ4v) is 3.13. The monoisotopic (exact) mass is 286 g/mol. The third-order valence-electron chi connectivity index (χ3n) is 4.28. The van der Waals surface area contributed by atoms with E-state index in [9.17, 15) is 4.79 Å². The molecule has 1 aromatic carbocycles. The fourth-order valence-electron chi connectivity index (χ4n) is 3.13. The molecule has 0 aliphatic carbocycles. The summed E-state index contributed by atoms with van der Waals surface area (Å²) in [5.41, 5.74) is 3.93. The van der Waals surface area contributed by atoms with Crippen LogP contribution >= 0.6 is 0 Å². The molecular weight excluding hydrogens is 264 g/mol. The average Bonchev–Trinajstić information content (AvgIpc) is 2.46. The summed E-state index contributed by atoms with van der Waals surface area (Å²) < 4.78 is 5.44. The third-order valence-corrected chi connectivity index (χ3v) is 4.28. The van der Waals surface area contributed by atoms with E-state index in [1.807, 2.05) is 6.07 Å². The number of likely N-dealkylation sites (N-methyl/N-ethyl adjacent to an activating group) is 2. The Morgan fingerprint density at radius 1 is 1.14 bits per heavy atom. The molecule has 0 unspecified atom stereocenters. The van der Waals surface area contributed by atoms with Gasteiger partial charge in [-0.05, 0) is 25.0 Å². The van der Waals surface area contributed by atoms with Gasteiger partial charge in [0, 0.05) is 44.2 Å². The Morgan fingerprint density at radius 3 is 2.67 bits per heavy atom. The molecule has 0 bridgehead atoms. The maximum Gasteiger partial charge on any atom is 0.336 e. The van der Waals surface area contributed by atoms with Crippen molar-refractivity contribution in [3.8, 4) is 0 Å². The first-order chi connectivity index (χ1) is 10.1. The van der Waals surface area contributed by atoms with Crippen LogP contribution in [0.15, 0.2) is 27.4 Å². The fraction of sp³-hybridized carbons (Fsp3) is 0.471. The number of hydrogen-bond acceptors (Lipinski definition) is 4. The lowest BCUT2D eigenvalue weighted by Gasteiger charge is -2.36. The van der Waals surface area contributed by atoms with Crippen LogP contribution in [0.4, 0.5) is 11.4 Å². The van der Waals surface area contributed by atoms with Gasteiger partial charge in [-0.3, -0.25) is 0 Å². The molecule has 0 saturated heterocycles. The molecule has 0 radical (unpaired) electrons. The summed E-state index contributed by atoms with van der Waals surface area (Å²) in [4.78, 5) is 16.4.